The fourth-order valence-corrected chi connectivity index (χ4v) is 5.72. The summed E-state index contributed by atoms with van der Waals surface area (Å²) in [5.74, 6) is -0.487. The molecule has 0 aromatic heterocycles. The van der Waals surface area contributed by atoms with Crippen LogP contribution in [0.3, 0.4) is 0 Å². The molecule has 5 rings (SSSR count). The third-order valence-electron chi connectivity index (χ3n) is 6.72. The van der Waals surface area contributed by atoms with Crippen LogP contribution in [0.25, 0.3) is 0 Å². The third-order valence-corrected chi connectivity index (χ3v) is 7.61. The summed E-state index contributed by atoms with van der Waals surface area (Å²) >= 11 is 1.47. The van der Waals surface area contributed by atoms with Gasteiger partial charge in [0.25, 0.3) is 0 Å². The fourth-order valence-electron chi connectivity index (χ4n) is 4.76. The number of amidine groups is 1. The number of thioether (sulfide) groups is 1. The molecule has 0 spiro atoms. The van der Waals surface area contributed by atoms with Crippen molar-refractivity contribution in [2.45, 2.75) is 51.9 Å². The van der Waals surface area contributed by atoms with Gasteiger partial charge in [-0.25, -0.2) is 9.79 Å². The first-order valence-electron chi connectivity index (χ1n) is 12.6. The standard InChI is InChI=1S/C29H31N3O4S/c1-19-10-12-22(13-11-19)27-26(28(34)36-17-21-7-4-3-5-8-21)20(2)31-29-32(27)23(18-37-29)15-25(33)30-16-24-9-6-14-35-24/h3-5,7-8,10-13,18,24,27H,6,9,14-17H2,1-2H3,(H,30,33). The van der Waals surface area contributed by atoms with Gasteiger partial charge in [-0.05, 0) is 43.2 Å². The Kier molecular flexibility index (Phi) is 7.76. The zero-order valence-corrected chi connectivity index (χ0v) is 21.9. The Morgan fingerprint density at radius 3 is 2.65 bits per heavy atom. The number of carbonyl (C=O) groups excluding carboxylic acids is 2. The number of aryl methyl sites for hydroxylation is 1. The molecule has 3 aliphatic heterocycles. The molecule has 37 heavy (non-hydrogen) atoms. The van der Waals surface area contributed by atoms with Gasteiger partial charge in [0, 0.05) is 18.8 Å². The van der Waals surface area contributed by atoms with Crippen molar-refractivity contribution >= 4 is 28.8 Å². The molecule has 8 heteroatoms. The normalized spacial score (nSPS) is 20.9. The van der Waals surface area contributed by atoms with Gasteiger partial charge in [-0.3, -0.25) is 4.79 Å². The van der Waals surface area contributed by atoms with Crippen LogP contribution in [0.5, 0.6) is 0 Å². The van der Waals surface area contributed by atoms with Crippen molar-refractivity contribution in [3.63, 3.8) is 0 Å². The van der Waals surface area contributed by atoms with Crippen LogP contribution in [-0.2, 0) is 25.7 Å². The van der Waals surface area contributed by atoms with Crippen LogP contribution in [-0.4, -0.2) is 41.2 Å². The molecule has 1 N–H and O–H groups in total. The van der Waals surface area contributed by atoms with Gasteiger partial charge >= 0.3 is 5.97 Å². The van der Waals surface area contributed by atoms with E-state index in [-0.39, 0.29) is 25.0 Å². The first kappa shape index (κ1) is 25.3. The Hall–Kier alpha value is -3.36. The van der Waals surface area contributed by atoms with E-state index in [1.807, 2.05) is 78.8 Å². The minimum absolute atomic E-state index is 0.0780. The largest absolute Gasteiger partial charge is 0.457 e. The van der Waals surface area contributed by atoms with E-state index in [1.54, 1.807) is 0 Å². The highest BCUT2D eigenvalue weighted by Gasteiger charge is 2.41. The highest BCUT2D eigenvalue weighted by Crippen LogP contribution is 2.44. The Morgan fingerprint density at radius 2 is 1.92 bits per heavy atom. The van der Waals surface area contributed by atoms with Gasteiger partial charge in [0.15, 0.2) is 5.17 Å². The summed E-state index contributed by atoms with van der Waals surface area (Å²) in [6.45, 7) is 5.32. The number of nitrogens with zero attached hydrogens (tertiary/aromatic N) is 2. The van der Waals surface area contributed by atoms with Crippen LogP contribution in [0, 0.1) is 6.92 Å². The maximum Gasteiger partial charge on any atom is 0.338 e. The van der Waals surface area contributed by atoms with Crippen LogP contribution in [0.2, 0.25) is 0 Å². The molecule has 2 aromatic rings. The lowest BCUT2D eigenvalue weighted by molar-refractivity contribution is -0.141. The average molecular weight is 518 g/mol. The molecular weight excluding hydrogens is 486 g/mol. The summed E-state index contributed by atoms with van der Waals surface area (Å²) < 4.78 is 11.4. The van der Waals surface area contributed by atoms with Crippen LogP contribution >= 0.6 is 11.8 Å². The highest BCUT2D eigenvalue weighted by molar-refractivity contribution is 8.16. The lowest BCUT2D eigenvalue weighted by atomic mass is 9.93. The van der Waals surface area contributed by atoms with Gasteiger partial charge in [0.1, 0.15) is 6.61 Å². The number of amides is 1. The molecule has 2 atom stereocenters. The quantitative estimate of drug-likeness (QED) is 0.497. The zero-order chi connectivity index (χ0) is 25.8. The molecule has 0 radical (unpaired) electrons. The van der Waals surface area contributed by atoms with Gasteiger partial charge in [-0.1, -0.05) is 71.9 Å². The molecule has 0 aliphatic carbocycles. The number of hydrogen-bond acceptors (Lipinski definition) is 7. The van der Waals surface area contributed by atoms with Crippen LogP contribution in [0.15, 0.2) is 82.0 Å². The zero-order valence-electron chi connectivity index (χ0n) is 21.1. The van der Waals surface area contributed by atoms with Crippen molar-refractivity contribution in [2.75, 3.05) is 13.2 Å². The van der Waals surface area contributed by atoms with E-state index < -0.39 is 12.0 Å². The van der Waals surface area contributed by atoms with E-state index in [2.05, 4.69) is 5.32 Å². The molecule has 192 valence electrons. The van der Waals surface area contributed by atoms with Crippen LogP contribution in [0.4, 0.5) is 0 Å². The lowest BCUT2D eigenvalue weighted by Crippen LogP contribution is -2.38. The molecule has 3 aliphatic rings. The van der Waals surface area contributed by atoms with Gasteiger partial charge in [-0.2, -0.15) is 0 Å². The number of rotatable bonds is 8. The SMILES string of the molecule is CC1=C(C(=O)OCc2ccccc2)C(c2ccc(C)cc2)N2C(CC(=O)NCC3CCCO3)=CSC2=N1. The molecule has 3 heterocycles. The first-order chi connectivity index (χ1) is 18.0. The Labute approximate surface area is 221 Å². The van der Waals surface area contributed by atoms with Crippen molar-refractivity contribution in [3.8, 4) is 0 Å². The summed E-state index contributed by atoms with van der Waals surface area (Å²) in [5, 5.41) is 5.72. The predicted molar refractivity (Wildman–Crippen MR) is 144 cm³/mol. The van der Waals surface area contributed by atoms with Gasteiger partial charge < -0.3 is 19.7 Å². The summed E-state index contributed by atoms with van der Waals surface area (Å²) in [6.07, 6.45) is 2.27. The number of esters is 1. The third kappa shape index (κ3) is 5.81. The van der Waals surface area contributed by atoms with E-state index in [1.165, 1.54) is 11.8 Å². The number of hydrogen-bond donors (Lipinski definition) is 1. The Bertz CT molecular complexity index is 1250. The fraction of sp³-hybridized carbons (Fsp3) is 0.345. The maximum atomic E-state index is 13.5. The number of carbonyl (C=O) groups is 2. The monoisotopic (exact) mass is 517 g/mol. The minimum atomic E-state index is -0.441. The number of fused-ring (bicyclic) bond motifs is 1. The van der Waals surface area contributed by atoms with E-state index in [4.69, 9.17) is 14.5 Å². The number of ether oxygens (including phenoxy) is 2. The molecule has 1 saturated heterocycles. The van der Waals surface area contributed by atoms with Crippen molar-refractivity contribution in [1.29, 1.82) is 0 Å². The summed E-state index contributed by atoms with van der Waals surface area (Å²) in [4.78, 5) is 33.1. The second kappa shape index (κ2) is 11.4. The van der Waals surface area contributed by atoms with E-state index >= 15 is 0 Å². The molecule has 1 amide bonds. The topological polar surface area (TPSA) is 80.2 Å². The summed E-state index contributed by atoms with van der Waals surface area (Å²) in [7, 11) is 0. The van der Waals surface area contributed by atoms with E-state index in [9.17, 15) is 9.59 Å². The van der Waals surface area contributed by atoms with Crippen LogP contribution < -0.4 is 5.32 Å². The maximum absolute atomic E-state index is 13.5. The van der Waals surface area contributed by atoms with Gasteiger partial charge in [0.2, 0.25) is 5.91 Å². The molecule has 0 saturated carbocycles. The van der Waals surface area contributed by atoms with Crippen molar-refractivity contribution in [2.24, 2.45) is 4.99 Å². The van der Waals surface area contributed by atoms with Crippen LogP contribution in [0.1, 0.15) is 48.9 Å². The number of allylic oxidation sites excluding steroid dienone is 1. The lowest BCUT2D eigenvalue weighted by Gasteiger charge is -2.36. The Morgan fingerprint density at radius 1 is 1.14 bits per heavy atom. The second-order valence-corrected chi connectivity index (χ2v) is 10.3. The molecule has 0 bridgehead atoms. The molecule has 7 nitrogen and oxygen atoms in total. The first-order valence-corrected chi connectivity index (χ1v) is 13.5. The molecule has 2 aromatic carbocycles. The average Bonchev–Trinajstić information content (AvgIpc) is 3.57. The number of nitrogens with one attached hydrogen (secondary N) is 1. The second-order valence-electron chi connectivity index (χ2n) is 9.48. The van der Waals surface area contributed by atoms with E-state index in [0.29, 0.717) is 17.8 Å². The van der Waals surface area contributed by atoms with Crippen molar-refractivity contribution < 1.29 is 19.1 Å². The van der Waals surface area contributed by atoms with Crippen molar-refractivity contribution in [1.82, 2.24) is 10.2 Å². The Balaban J connectivity index is 1.39. The van der Waals surface area contributed by atoms with Gasteiger partial charge in [-0.15, -0.1) is 0 Å². The number of aliphatic imine (C=N–C) groups is 1. The molecular formula is C29H31N3O4S. The minimum Gasteiger partial charge on any atom is -0.457 e. The number of benzene rings is 2. The van der Waals surface area contributed by atoms with Gasteiger partial charge in [0.05, 0.1) is 29.8 Å². The molecule has 1 fully saturated rings. The van der Waals surface area contributed by atoms with Crippen molar-refractivity contribution in [3.05, 3.63) is 93.7 Å². The smallest absolute Gasteiger partial charge is 0.338 e. The highest BCUT2D eigenvalue weighted by atomic mass is 32.2. The summed E-state index contributed by atoms with van der Waals surface area (Å²) in [6, 6.07) is 17.3. The predicted octanol–water partition coefficient (Wildman–Crippen LogP) is 5.00. The van der Waals surface area contributed by atoms with E-state index in [0.717, 1.165) is 47.0 Å². The molecule has 2 unspecified atom stereocenters. The summed E-state index contributed by atoms with van der Waals surface area (Å²) in [5.41, 5.74) is 4.90.